The molecule has 0 spiro atoms. The Balaban J connectivity index is 2.39. The number of nitrogens with zero attached hydrogens (tertiary/aromatic N) is 2. The van der Waals surface area contributed by atoms with Crippen molar-refractivity contribution in [2.24, 2.45) is 0 Å². The van der Waals surface area contributed by atoms with E-state index in [1.807, 2.05) is 0 Å². The van der Waals surface area contributed by atoms with Crippen LogP contribution in [0.25, 0.3) is 0 Å². The van der Waals surface area contributed by atoms with Crippen LogP contribution in [-0.4, -0.2) is 51.5 Å². The van der Waals surface area contributed by atoms with Crippen LogP contribution in [0.4, 0.5) is 14.6 Å². The van der Waals surface area contributed by atoms with Crippen molar-refractivity contribution in [2.75, 3.05) is 19.0 Å². The molecule has 0 amide bonds. The van der Waals surface area contributed by atoms with Crippen molar-refractivity contribution in [2.45, 2.75) is 24.4 Å². The summed E-state index contributed by atoms with van der Waals surface area (Å²) in [6, 6.07) is 1.32. The van der Waals surface area contributed by atoms with Crippen LogP contribution in [0, 0.1) is 0 Å². The van der Waals surface area contributed by atoms with Gasteiger partial charge in [-0.05, 0) is 6.07 Å². The van der Waals surface area contributed by atoms with E-state index in [-0.39, 0.29) is 5.82 Å². The average Bonchev–Trinajstić information content (AvgIpc) is 2.61. The lowest BCUT2D eigenvalue weighted by Gasteiger charge is -2.21. The molecule has 1 fully saturated rings. The average molecular weight is 277 g/mol. The molecular formula is C10H13F2N3O4. The van der Waals surface area contributed by atoms with Crippen LogP contribution in [0.15, 0.2) is 17.1 Å². The molecular weight excluding hydrogens is 264 g/mol. The Morgan fingerprint density at radius 1 is 1.63 bits per heavy atom. The molecule has 7 nitrogen and oxygen atoms in total. The lowest BCUT2D eigenvalue weighted by Crippen LogP contribution is -2.41. The normalized spacial score (nSPS) is 29.4. The van der Waals surface area contributed by atoms with Gasteiger partial charge in [-0.2, -0.15) is 13.8 Å². The minimum Gasteiger partial charge on any atom is -0.394 e. The quantitative estimate of drug-likeness (QED) is 0.667. The van der Waals surface area contributed by atoms with Gasteiger partial charge in [0.05, 0.1) is 6.61 Å². The number of aliphatic hydroxyl groups excluding tert-OH is 2. The first kappa shape index (κ1) is 13.8. The van der Waals surface area contributed by atoms with Crippen molar-refractivity contribution >= 4 is 5.82 Å². The zero-order valence-electron chi connectivity index (χ0n) is 9.96. The van der Waals surface area contributed by atoms with Gasteiger partial charge in [0.1, 0.15) is 11.9 Å². The largest absolute Gasteiger partial charge is 0.394 e. The Bertz CT molecular complexity index is 522. The van der Waals surface area contributed by atoms with Crippen LogP contribution in [0.5, 0.6) is 0 Å². The number of halogens is 2. The number of hydrogen-bond acceptors (Lipinski definition) is 6. The predicted octanol–water partition coefficient (Wildman–Crippen LogP) is -0.829. The molecule has 0 bridgehead atoms. The molecule has 9 heteroatoms. The van der Waals surface area contributed by atoms with E-state index in [1.54, 1.807) is 0 Å². The first-order chi connectivity index (χ1) is 8.91. The minimum absolute atomic E-state index is 0.224. The first-order valence-corrected chi connectivity index (χ1v) is 5.51. The summed E-state index contributed by atoms with van der Waals surface area (Å²) in [5.41, 5.74) is -0.942. The second-order valence-corrected chi connectivity index (χ2v) is 4.08. The molecule has 0 saturated carbocycles. The molecule has 3 atom stereocenters. The summed E-state index contributed by atoms with van der Waals surface area (Å²) in [7, 11) is 1.53. The number of nitrogens with one attached hydrogen (secondary N) is 1. The third kappa shape index (κ3) is 2.20. The van der Waals surface area contributed by atoms with E-state index >= 15 is 0 Å². The van der Waals surface area contributed by atoms with Crippen LogP contribution < -0.4 is 11.0 Å². The van der Waals surface area contributed by atoms with Crippen molar-refractivity contribution in [3.05, 3.63) is 22.7 Å². The van der Waals surface area contributed by atoms with Crippen molar-refractivity contribution in [3.8, 4) is 0 Å². The van der Waals surface area contributed by atoms with E-state index in [4.69, 9.17) is 9.84 Å². The van der Waals surface area contributed by atoms with Crippen molar-refractivity contribution in [1.29, 1.82) is 0 Å². The molecule has 2 rings (SSSR count). The number of ether oxygens (including phenoxy) is 1. The Labute approximate surface area is 106 Å². The molecule has 19 heavy (non-hydrogen) atoms. The number of hydrogen-bond donors (Lipinski definition) is 3. The lowest BCUT2D eigenvalue weighted by molar-refractivity contribution is -0.140. The van der Waals surface area contributed by atoms with Crippen LogP contribution in [0.3, 0.4) is 0 Å². The maximum Gasteiger partial charge on any atom is 0.351 e. The third-order valence-electron chi connectivity index (χ3n) is 2.90. The van der Waals surface area contributed by atoms with E-state index in [2.05, 4.69) is 10.3 Å². The Hall–Kier alpha value is -1.58. The van der Waals surface area contributed by atoms with Crippen molar-refractivity contribution in [1.82, 2.24) is 9.55 Å². The predicted molar refractivity (Wildman–Crippen MR) is 60.0 cm³/mol. The first-order valence-electron chi connectivity index (χ1n) is 5.51. The topological polar surface area (TPSA) is 96.6 Å². The SMILES string of the molecule is CNc1ccn(C2OC(CO)C(O)C2(F)F)c(=O)n1. The molecule has 1 aromatic rings. The Morgan fingerprint density at radius 2 is 2.32 bits per heavy atom. The molecule has 0 aliphatic carbocycles. The van der Waals surface area contributed by atoms with Crippen LogP contribution in [0.1, 0.15) is 6.23 Å². The molecule has 1 aliphatic heterocycles. The minimum atomic E-state index is -3.69. The highest BCUT2D eigenvalue weighted by atomic mass is 19.3. The van der Waals surface area contributed by atoms with Gasteiger partial charge >= 0.3 is 11.6 Å². The van der Waals surface area contributed by atoms with Crippen molar-refractivity contribution < 1.29 is 23.7 Å². The standard InChI is InChI=1S/C10H13F2N3O4/c1-13-6-2-3-15(9(18)14-6)8-10(11,12)7(17)5(4-16)19-8/h2-3,5,7-8,16-17H,4H2,1H3,(H,13,14,18). The summed E-state index contributed by atoms with van der Waals surface area (Å²) in [5, 5.41) is 20.8. The number of aliphatic hydroxyl groups is 2. The van der Waals surface area contributed by atoms with Gasteiger partial charge in [-0.25, -0.2) is 4.79 Å². The molecule has 0 radical (unpaired) electrons. The zero-order chi connectivity index (χ0) is 14.2. The molecule has 1 saturated heterocycles. The molecule has 0 aromatic carbocycles. The molecule has 3 unspecified atom stereocenters. The van der Waals surface area contributed by atoms with Gasteiger partial charge in [-0.3, -0.25) is 4.57 Å². The number of alkyl halides is 2. The van der Waals surface area contributed by atoms with Gasteiger partial charge in [-0.1, -0.05) is 0 Å². The number of anilines is 1. The van der Waals surface area contributed by atoms with E-state index in [0.717, 1.165) is 6.20 Å². The van der Waals surface area contributed by atoms with E-state index in [0.29, 0.717) is 4.57 Å². The van der Waals surface area contributed by atoms with Gasteiger partial charge in [0, 0.05) is 13.2 Å². The summed E-state index contributed by atoms with van der Waals surface area (Å²) in [6.07, 6.45) is -4.54. The van der Waals surface area contributed by atoms with Crippen LogP contribution in [0.2, 0.25) is 0 Å². The highest BCUT2D eigenvalue weighted by molar-refractivity contribution is 5.30. The third-order valence-corrected chi connectivity index (χ3v) is 2.90. The molecule has 2 heterocycles. The molecule has 3 N–H and O–H groups in total. The smallest absolute Gasteiger partial charge is 0.351 e. The summed E-state index contributed by atoms with van der Waals surface area (Å²) in [5.74, 6) is -3.47. The van der Waals surface area contributed by atoms with Gasteiger partial charge < -0.3 is 20.3 Å². The fourth-order valence-electron chi connectivity index (χ4n) is 1.85. The lowest BCUT2D eigenvalue weighted by atomic mass is 10.1. The van der Waals surface area contributed by atoms with Gasteiger partial charge in [-0.15, -0.1) is 0 Å². The highest BCUT2D eigenvalue weighted by Gasteiger charge is 2.59. The van der Waals surface area contributed by atoms with Gasteiger partial charge in [0.25, 0.3) is 0 Å². The number of aromatic nitrogens is 2. The van der Waals surface area contributed by atoms with Gasteiger partial charge in [0.2, 0.25) is 6.23 Å². The summed E-state index contributed by atoms with van der Waals surface area (Å²) < 4.78 is 33.0. The highest BCUT2D eigenvalue weighted by Crippen LogP contribution is 2.41. The Morgan fingerprint density at radius 3 is 2.79 bits per heavy atom. The van der Waals surface area contributed by atoms with E-state index in [9.17, 15) is 18.7 Å². The van der Waals surface area contributed by atoms with Gasteiger partial charge in [0.15, 0.2) is 6.10 Å². The second-order valence-electron chi connectivity index (χ2n) is 4.08. The molecule has 1 aromatic heterocycles. The summed E-state index contributed by atoms with van der Waals surface area (Å²) in [4.78, 5) is 15.1. The molecule has 1 aliphatic rings. The van der Waals surface area contributed by atoms with E-state index in [1.165, 1.54) is 13.1 Å². The summed E-state index contributed by atoms with van der Waals surface area (Å²) in [6.45, 7) is -0.774. The van der Waals surface area contributed by atoms with Crippen LogP contribution in [-0.2, 0) is 4.74 Å². The second kappa shape index (κ2) is 4.83. The fraction of sp³-hybridized carbons (Fsp3) is 0.600. The fourth-order valence-corrected chi connectivity index (χ4v) is 1.85. The molecule has 106 valence electrons. The number of rotatable bonds is 3. The zero-order valence-corrected chi connectivity index (χ0v) is 9.96. The monoisotopic (exact) mass is 277 g/mol. The summed E-state index contributed by atoms with van der Waals surface area (Å²) >= 11 is 0. The van der Waals surface area contributed by atoms with Crippen LogP contribution >= 0.6 is 0 Å². The maximum absolute atomic E-state index is 13.8. The Kier molecular flexibility index (Phi) is 3.52. The maximum atomic E-state index is 13.8. The van der Waals surface area contributed by atoms with E-state index < -0.39 is 36.7 Å². The van der Waals surface area contributed by atoms with Crippen molar-refractivity contribution in [3.63, 3.8) is 0 Å².